The van der Waals surface area contributed by atoms with Crippen LogP contribution in [-0.2, 0) is 32.6 Å². The Labute approximate surface area is 291 Å². The lowest BCUT2D eigenvalue weighted by atomic mass is 9.88. The van der Waals surface area contributed by atoms with Gasteiger partial charge in [0, 0.05) is 45.4 Å². The lowest BCUT2D eigenvalue weighted by molar-refractivity contribution is -0.125. The number of hydrogen-bond acceptors (Lipinski definition) is 6. The van der Waals surface area contributed by atoms with Crippen LogP contribution in [0.2, 0.25) is 0 Å². The summed E-state index contributed by atoms with van der Waals surface area (Å²) in [5.41, 5.74) is -0.516. The van der Waals surface area contributed by atoms with E-state index in [1.807, 2.05) is 113 Å². The molecule has 0 saturated carbocycles. The third-order valence-corrected chi connectivity index (χ3v) is 10.3. The zero-order chi connectivity index (χ0) is 35.5. The van der Waals surface area contributed by atoms with E-state index in [0.717, 1.165) is 21.9 Å². The summed E-state index contributed by atoms with van der Waals surface area (Å²) >= 11 is 0. The number of carbonyl (C=O) groups is 2. The second-order valence-corrected chi connectivity index (χ2v) is 15.8. The Hall–Kier alpha value is -4.09. The molecule has 0 radical (unpaired) electrons. The first-order valence-electron chi connectivity index (χ1n) is 16.8. The fourth-order valence-electron chi connectivity index (χ4n) is 5.78. The molecule has 262 valence electrons. The van der Waals surface area contributed by atoms with E-state index >= 15 is 0 Å². The highest BCUT2D eigenvalue weighted by Gasteiger charge is 2.43. The van der Waals surface area contributed by atoms with E-state index in [1.165, 1.54) is 4.31 Å². The van der Waals surface area contributed by atoms with Crippen molar-refractivity contribution in [3.63, 3.8) is 0 Å². The topological polar surface area (TPSA) is 128 Å². The molecule has 4 rings (SSSR count). The van der Waals surface area contributed by atoms with E-state index in [0.29, 0.717) is 13.1 Å². The second kappa shape index (κ2) is 17.0. The minimum atomic E-state index is -4.16. The number of nitrogens with one attached hydrogen (secondary N) is 3. The SMILES string of the molecule is CC(C)CN(C(O)(CCNC(=O)CC(C)(C)CNC(=O)CNCc1ccccc1)Cc1ccccc1)S(=O)(=O)c1ccc2ccccc2c1. The van der Waals surface area contributed by atoms with Crippen molar-refractivity contribution in [3.05, 3.63) is 114 Å². The van der Waals surface area contributed by atoms with Gasteiger partial charge in [0.05, 0.1) is 11.4 Å². The maximum atomic E-state index is 14.3. The average molecular weight is 687 g/mol. The van der Waals surface area contributed by atoms with Crippen molar-refractivity contribution in [2.24, 2.45) is 11.3 Å². The molecule has 0 fully saturated rings. The van der Waals surface area contributed by atoms with Crippen molar-refractivity contribution in [1.29, 1.82) is 0 Å². The minimum Gasteiger partial charge on any atom is -0.374 e. The molecule has 9 nitrogen and oxygen atoms in total. The van der Waals surface area contributed by atoms with Gasteiger partial charge < -0.3 is 21.1 Å². The van der Waals surface area contributed by atoms with Gasteiger partial charge in [-0.3, -0.25) is 9.59 Å². The standard InChI is InChI=1S/C39H50N4O5S/c1-30(2)28-43(49(47,48)35-20-19-33-17-11-12-18-34(33)23-35)39(46,24-31-13-7-5-8-14-31)21-22-41-36(44)25-38(3,4)29-42-37(45)27-40-26-32-15-9-6-10-16-32/h5-20,23,30,40,46H,21-22,24-29H2,1-4H3,(H,41,44)(H,42,45). The Kier molecular flexibility index (Phi) is 13.1. The van der Waals surface area contributed by atoms with E-state index in [-0.39, 0.29) is 61.5 Å². The van der Waals surface area contributed by atoms with Gasteiger partial charge in [0.1, 0.15) is 5.72 Å². The van der Waals surface area contributed by atoms with Crippen LogP contribution >= 0.6 is 0 Å². The predicted molar refractivity (Wildman–Crippen MR) is 195 cm³/mol. The van der Waals surface area contributed by atoms with Crippen molar-refractivity contribution in [2.75, 3.05) is 26.2 Å². The molecule has 4 N–H and O–H groups in total. The lowest BCUT2D eigenvalue weighted by Crippen LogP contribution is -2.55. The Morgan fingerprint density at radius 2 is 1.41 bits per heavy atom. The van der Waals surface area contributed by atoms with Crippen LogP contribution in [0.3, 0.4) is 0 Å². The summed E-state index contributed by atoms with van der Waals surface area (Å²) in [5, 5.41) is 23.0. The van der Waals surface area contributed by atoms with Gasteiger partial charge in [-0.2, -0.15) is 4.31 Å². The number of sulfonamides is 1. The molecule has 49 heavy (non-hydrogen) atoms. The maximum absolute atomic E-state index is 14.3. The molecule has 1 atom stereocenters. The summed E-state index contributed by atoms with van der Waals surface area (Å²) in [5.74, 6) is -0.499. The smallest absolute Gasteiger partial charge is 0.245 e. The van der Waals surface area contributed by atoms with Gasteiger partial charge >= 0.3 is 0 Å². The van der Waals surface area contributed by atoms with E-state index in [2.05, 4.69) is 16.0 Å². The highest BCUT2D eigenvalue weighted by Crippen LogP contribution is 2.32. The summed E-state index contributed by atoms with van der Waals surface area (Å²) in [6.07, 6.45) is 0.142. The van der Waals surface area contributed by atoms with Crippen LogP contribution in [0, 0.1) is 11.3 Å². The van der Waals surface area contributed by atoms with Gasteiger partial charge in [0.15, 0.2) is 0 Å². The molecular weight excluding hydrogens is 637 g/mol. The number of carbonyl (C=O) groups excluding carboxylic acids is 2. The molecule has 2 amide bonds. The molecular formula is C39H50N4O5S. The van der Waals surface area contributed by atoms with Gasteiger partial charge in [-0.1, -0.05) is 119 Å². The van der Waals surface area contributed by atoms with Crippen molar-refractivity contribution in [1.82, 2.24) is 20.3 Å². The van der Waals surface area contributed by atoms with Crippen LogP contribution in [0.4, 0.5) is 0 Å². The Morgan fingerprint density at radius 1 is 0.796 bits per heavy atom. The van der Waals surface area contributed by atoms with E-state index < -0.39 is 21.2 Å². The van der Waals surface area contributed by atoms with E-state index in [1.54, 1.807) is 18.2 Å². The number of benzene rings is 4. The molecule has 4 aromatic carbocycles. The summed E-state index contributed by atoms with van der Waals surface area (Å²) in [4.78, 5) is 25.6. The van der Waals surface area contributed by atoms with Crippen LogP contribution in [-0.4, -0.2) is 61.5 Å². The van der Waals surface area contributed by atoms with Crippen molar-refractivity contribution < 1.29 is 23.1 Å². The third-order valence-electron chi connectivity index (χ3n) is 8.34. The molecule has 4 aromatic rings. The molecule has 0 bridgehead atoms. The fourth-order valence-corrected chi connectivity index (χ4v) is 7.65. The number of rotatable bonds is 18. The van der Waals surface area contributed by atoms with E-state index in [4.69, 9.17) is 0 Å². The fraction of sp³-hybridized carbons (Fsp3) is 0.385. The summed E-state index contributed by atoms with van der Waals surface area (Å²) in [6.45, 7) is 8.79. The normalized spacial score (nSPS) is 13.4. The quantitative estimate of drug-likeness (QED) is 0.106. The Balaban J connectivity index is 1.42. The predicted octanol–water partition coefficient (Wildman–Crippen LogP) is 5.25. The molecule has 0 aromatic heterocycles. The van der Waals surface area contributed by atoms with Crippen LogP contribution in [0.1, 0.15) is 51.7 Å². The summed E-state index contributed by atoms with van der Waals surface area (Å²) in [7, 11) is -4.16. The largest absolute Gasteiger partial charge is 0.374 e. The maximum Gasteiger partial charge on any atom is 0.245 e. The van der Waals surface area contributed by atoms with Gasteiger partial charge in [-0.25, -0.2) is 8.42 Å². The molecule has 0 spiro atoms. The first kappa shape index (κ1) is 37.7. The Bertz CT molecular complexity index is 1780. The van der Waals surface area contributed by atoms with Crippen molar-refractivity contribution in [3.8, 4) is 0 Å². The van der Waals surface area contributed by atoms with Crippen LogP contribution in [0.25, 0.3) is 10.8 Å². The minimum absolute atomic E-state index is 0.0303. The van der Waals surface area contributed by atoms with Crippen LogP contribution in [0.5, 0.6) is 0 Å². The van der Waals surface area contributed by atoms with E-state index in [9.17, 15) is 23.1 Å². The first-order valence-corrected chi connectivity index (χ1v) is 18.3. The van der Waals surface area contributed by atoms with Crippen LogP contribution in [0.15, 0.2) is 108 Å². The first-order chi connectivity index (χ1) is 23.3. The molecule has 10 heteroatoms. The number of amides is 2. The van der Waals surface area contributed by atoms with Gasteiger partial charge in [-0.15, -0.1) is 0 Å². The van der Waals surface area contributed by atoms with Gasteiger partial charge in [0.2, 0.25) is 21.8 Å². The summed E-state index contributed by atoms with van der Waals surface area (Å²) < 4.78 is 29.9. The molecule has 0 heterocycles. The Morgan fingerprint density at radius 3 is 2.06 bits per heavy atom. The highest BCUT2D eigenvalue weighted by atomic mass is 32.2. The monoisotopic (exact) mass is 686 g/mol. The molecule has 0 aliphatic carbocycles. The number of fused-ring (bicyclic) bond motifs is 1. The zero-order valence-electron chi connectivity index (χ0n) is 29.0. The molecule has 0 saturated heterocycles. The van der Waals surface area contributed by atoms with Gasteiger partial charge in [0.25, 0.3) is 0 Å². The zero-order valence-corrected chi connectivity index (χ0v) is 29.8. The summed E-state index contributed by atoms with van der Waals surface area (Å²) in [6, 6.07) is 31.6. The molecule has 0 aliphatic heterocycles. The third kappa shape index (κ3) is 11.2. The van der Waals surface area contributed by atoms with Gasteiger partial charge in [-0.05, 0) is 45.4 Å². The number of aliphatic hydroxyl groups is 1. The van der Waals surface area contributed by atoms with Crippen molar-refractivity contribution >= 4 is 32.6 Å². The average Bonchev–Trinajstić information content (AvgIpc) is 3.06. The van der Waals surface area contributed by atoms with Crippen LogP contribution < -0.4 is 16.0 Å². The number of nitrogens with zero attached hydrogens (tertiary/aromatic N) is 1. The second-order valence-electron chi connectivity index (χ2n) is 13.9. The van der Waals surface area contributed by atoms with Crippen molar-refractivity contribution in [2.45, 2.75) is 64.1 Å². The lowest BCUT2D eigenvalue weighted by Gasteiger charge is -2.40. The molecule has 1 unspecified atom stereocenters. The molecule has 0 aliphatic rings. The number of hydrogen-bond donors (Lipinski definition) is 4. The highest BCUT2D eigenvalue weighted by molar-refractivity contribution is 7.89.